The average molecular weight is 347 g/mol. The molecule has 5 rings (SSSR count). The molecule has 8 heteroatoms. The third-order valence-corrected chi connectivity index (χ3v) is 4.90. The zero-order valence-corrected chi connectivity index (χ0v) is 14.1. The van der Waals surface area contributed by atoms with Crippen LogP contribution in [0.2, 0.25) is 0 Å². The monoisotopic (exact) mass is 347 g/mol. The molecule has 1 atom stereocenters. The van der Waals surface area contributed by atoms with E-state index >= 15 is 0 Å². The number of amides is 1. The average Bonchev–Trinajstić information content (AvgIpc) is 3.33. The molecule has 0 aromatic carbocycles. The summed E-state index contributed by atoms with van der Waals surface area (Å²) in [6.45, 7) is 0.703. The second-order valence-corrected chi connectivity index (χ2v) is 6.44. The Morgan fingerprint density at radius 1 is 1.12 bits per heavy atom. The van der Waals surface area contributed by atoms with Gasteiger partial charge in [0.25, 0.3) is 5.91 Å². The molecule has 1 fully saturated rings. The number of piperidine rings is 1. The first-order valence-corrected chi connectivity index (χ1v) is 8.70. The molecular weight excluding hydrogens is 330 g/mol. The normalized spacial score (nSPS) is 17.8. The Hall–Kier alpha value is -3.29. The molecule has 0 aliphatic carbocycles. The molecule has 0 N–H and O–H groups in total. The minimum atomic E-state index is -0.0587. The van der Waals surface area contributed by atoms with E-state index in [9.17, 15) is 4.79 Å². The summed E-state index contributed by atoms with van der Waals surface area (Å²) in [7, 11) is 0. The molecule has 1 aliphatic rings. The van der Waals surface area contributed by atoms with Crippen LogP contribution in [0, 0.1) is 0 Å². The van der Waals surface area contributed by atoms with Crippen molar-refractivity contribution in [3.8, 4) is 0 Å². The summed E-state index contributed by atoms with van der Waals surface area (Å²) in [5.41, 5.74) is 1.99. The number of hydrogen-bond acceptors (Lipinski definition) is 5. The van der Waals surface area contributed by atoms with Crippen molar-refractivity contribution in [3.63, 3.8) is 0 Å². The molecule has 1 saturated heterocycles. The minimum Gasteiger partial charge on any atom is -0.330 e. The Labute approximate surface area is 149 Å². The lowest BCUT2D eigenvalue weighted by Gasteiger charge is -2.35. The van der Waals surface area contributed by atoms with Gasteiger partial charge in [-0.2, -0.15) is 5.10 Å². The number of carbonyl (C=O) groups excluding carboxylic acids is 1. The molecule has 5 heterocycles. The van der Waals surface area contributed by atoms with Crippen LogP contribution >= 0.6 is 0 Å². The molecule has 0 spiro atoms. The van der Waals surface area contributed by atoms with Crippen LogP contribution in [0.4, 0.5) is 0 Å². The molecule has 0 radical (unpaired) electrons. The summed E-state index contributed by atoms with van der Waals surface area (Å²) >= 11 is 0. The SMILES string of the molecule is O=C(c1cnn2cccnc12)N1CCCCC1c1ccn2ccnc2n1. The number of carbonyl (C=O) groups is 1. The van der Waals surface area contributed by atoms with E-state index in [0.717, 1.165) is 25.0 Å². The van der Waals surface area contributed by atoms with E-state index in [-0.39, 0.29) is 11.9 Å². The van der Waals surface area contributed by atoms with Gasteiger partial charge in [-0.05, 0) is 31.4 Å². The summed E-state index contributed by atoms with van der Waals surface area (Å²) in [4.78, 5) is 28.4. The van der Waals surface area contributed by atoms with Gasteiger partial charge in [0.1, 0.15) is 5.56 Å². The van der Waals surface area contributed by atoms with Crippen LogP contribution in [0.25, 0.3) is 11.4 Å². The minimum absolute atomic E-state index is 0.0478. The highest BCUT2D eigenvalue weighted by atomic mass is 16.2. The molecule has 0 bridgehead atoms. The van der Waals surface area contributed by atoms with Gasteiger partial charge in [0.05, 0.1) is 17.9 Å². The fourth-order valence-corrected chi connectivity index (χ4v) is 3.62. The maximum absolute atomic E-state index is 13.3. The van der Waals surface area contributed by atoms with Crippen LogP contribution in [0.1, 0.15) is 41.4 Å². The molecule has 1 aliphatic heterocycles. The highest BCUT2D eigenvalue weighted by Gasteiger charge is 2.31. The first-order chi connectivity index (χ1) is 12.8. The van der Waals surface area contributed by atoms with Crippen molar-refractivity contribution < 1.29 is 4.79 Å². The van der Waals surface area contributed by atoms with Gasteiger partial charge >= 0.3 is 0 Å². The predicted octanol–water partition coefficient (Wildman–Crippen LogP) is 2.14. The molecule has 26 heavy (non-hydrogen) atoms. The standard InChI is InChI=1S/C18H17N7O/c26-17(13-12-21-25-9-3-6-19-16(13)25)24-8-2-1-4-15(24)14-5-10-23-11-7-20-18(23)22-14/h3,5-7,9-12,15H,1-2,4,8H2. The van der Waals surface area contributed by atoms with Gasteiger partial charge < -0.3 is 4.90 Å². The van der Waals surface area contributed by atoms with Crippen LogP contribution in [-0.4, -0.2) is 46.3 Å². The van der Waals surface area contributed by atoms with E-state index in [4.69, 9.17) is 0 Å². The predicted molar refractivity (Wildman–Crippen MR) is 93.6 cm³/mol. The van der Waals surface area contributed by atoms with Crippen LogP contribution in [0.5, 0.6) is 0 Å². The van der Waals surface area contributed by atoms with E-state index in [2.05, 4.69) is 20.1 Å². The summed E-state index contributed by atoms with van der Waals surface area (Å²) < 4.78 is 3.49. The van der Waals surface area contributed by atoms with Gasteiger partial charge in [-0.3, -0.25) is 9.20 Å². The van der Waals surface area contributed by atoms with Gasteiger partial charge in [0.15, 0.2) is 5.65 Å². The fourth-order valence-electron chi connectivity index (χ4n) is 3.62. The van der Waals surface area contributed by atoms with Crippen molar-refractivity contribution in [1.82, 2.24) is 33.9 Å². The van der Waals surface area contributed by atoms with Crippen LogP contribution in [0.3, 0.4) is 0 Å². The van der Waals surface area contributed by atoms with Gasteiger partial charge in [0, 0.05) is 37.5 Å². The molecular formula is C18H17N7O. The number of fused-ring (bicyclic) bond motifs is 2. The van der Waals surface area contributed by atoms with Crippen molar-refractivity contribution >= 4 is 17.3 Å². The molecule has 4 aromatic heterocycles. The first-order valence-electron chi connectivity index (χ1n) is 8.70. The Morgan fingerprint density at radius 2 is 2.08 bits per heavy atom. The Morgan fingerprint density at radius 3 is 3.04 bits per heavy atom. The molecule has 1 amide bonds. The summed E-state index contributed by atoms with van der Waals surface area (Å²) in [6.07, 6.45) is 13.5. The van der Waals surface area contributed by atoms with E-state index in [1.54, 1.807) is 35.4 Å². The Balaban J connectivity index is 1.54. The number of hydrogen-bond donors (Lipinski definition) is 0. The van der Waals surface area contributed by atoms with Gasteiger partial charge in [-0.1, -0.05) is 0 Å². The zero-order valence-electron chi connectivity index (χ0n) is 14.1. The summed E-state index contributed by atoms with van der Waals surface area (Å²) in [5.74, 6) is 0.603. The smallest absolute Gasteiger partial charge is 0.259 e. The van der Waals surface area contributed by atoms with Crippen molar-refractivity contribution in [2.75, 3.05) is 6.54 Å². The highest BCUT2D eigenvalue weighted by molar-refractivity contribution is 5.99. The number of nitrogens with zero attached hydrogens (tertiary/aromatic N) is 7. The van der Waals surface area contributed by atoms with E-state index in [1.807, 2.05) is 27.8 Å². The summed E-state index contributed by atoms with van der Waals surface area (Å²) in [5, 5.41) is 4.24. The maximum Gasteiger partial charge on any atom is 0.259 e. The van der Waals surface area contributed by atoms with Gasteiger partial charge in [0.2, 0.25) is 5.78 Å². The van der Waals surface area contributed by atoms with Crippen molar-refractivity contribution in [1.29, 1.82) is 0 Å². The Bertz CT molecular complexity index is 1100. The molecule has 1 unspecified atom stereocenters. The van der Waals surface area contributed by atoms with Gasteiger partial charge in [-0.15, -0.1) is 0 Å². The van der Waals surface area contributed by atoms with Crippen molar-refractivity contribution in [3.05, 3.63) is 60.6 Å². The third-order valence-electron chi connectivity index (χ3n) is 4.90. The molecule has 8 nitrogen and oxygen atoms in total. The highest BCUT2D eigenvalue weighted by Crippen LogP contribution is 2.31. The lowest BCUT2D eigenvalue weighted by molar-refractivity contribution is 0.0608. The maximum atomic E-state index is 13.3. The molecule has 130 valence electrons. The van der Waals surface area contributed by atoms with Crippen LogP contribution in [-0.2, 0) is 0 Å². The number of rotatable bonds is 2. The zero-order chi connectivity index (χ0) is 17.5. The van der Waals surface area contributed by atoms with Crippen molar-refractivity contribution in [2.24, 2.45) is 0 Å². The largest absolute Gasteiger partial charge is 0.330 e. The van der Waals surface area contributed by atoms with E-state index in [1.165, 1.54) is 0 Å². The second-order valence-electron chi connectivity index (χ2n) is 6.44. The molecule has 0 saturated carbocycles. The molecule has 4 aromatic rings. The van der Waals surface area contributed by atoms with Crippen LogP contribution < -0.4 is 0 Å². The first kappa shape index (κ1) is 15.0. The van der Waals surface area contributed by atoms with Crippen molar-refractivity contribution in [2.45, 2.75) is 25.3 Å². The quantitative estimate of drug-likeness (QED) is 0.555. The van der Waals surface area contributed by atoms with Gasteiger partial charge in [-0.25, -0.2) is 19.5 Å². The fraction of sp³-hybridized carbons (Fsp3) is 0.278. The second kappa shape index (κ2) is 5.91. The Kier molecular flexibility index (Phi) is 3.41. The third kappa shape index (κ3) is 2.33. The topological polar surface area (TPSA) is 80.7 Å². The summed E-state index contributed by atoms with van der Waals surface area (Å²) in [6, 6.07) is 3.71. The van der Waals surface area contributed by atoms with Crippen LogP contribution in [0.15, 0.2) is 49.3 Å². The van der Waals surface area contributed by atoms with E-state index in [0.29, 0.717) is 23.5 Å². The number of imidazole rings is 1. The van der Waals surface area contributed by atoms with E-state index < -0.39 is 0 Å². The lowest BCUT2D eigenvalue weighted by Crippen LogP contribution is -2.39. The lowest BCUT2D eigenvalue weighted by atomic mass is 9.98. The number of likely N-dealkylation sites (tertiary alicyclic amines) is 1. The number of aromatic nitrogens is 6.